The van der Waals surface area contributed by atoms with Crippen LogP contribution in [0.2, 0.25) is 25.7 Å². The Labute approximate surface area is 174 Å². The first-order chi connectivity index (χ1) is 13.6. The van der Waals surface area contributed by atoms with Crippen molar-refractivity contribution < 1.29 is 24.2 Å². The van der Waals surface area contributed by atoms with E-state index < -0.39 is 19.9 Å². The quantitative estimate of drug-likeness (QED) is 0.514. The number of aromatic hydroxyl groups is 1. The van der Waals surface area contributed by atoms with E-state index in [2.05, 4.69) is 26.6 Å². The Balaban J connectivity index is 1.93. The molecule has 0 heterocycles. The molecule has 0 aromatic heterocycles. The Morgan fingerprint density at radius 1 is 1.07 bits per heavy atom. The van der Waals surface area contributed by atoms with Crippen molar-refractivity contribution >= 4 is 20.0 Å². The number of carbonyl (C=O) groups is 2. The van der Waals surface area contributed by atoms with E-state index in [1.807, 2.05) is 13.0 Å². The Morgan fingerprint density at radius 3 is 2.38 bits per heavy atom. The Morgan fingerprint density at radius 2 is 1.72 bits per heavy atom. The van der Waals surface area contributed by atoms with Crippen LogP contribution in [0.1, 0.15) is 49.7 Å². The molecule has 3 aliphatic carbocycles. The average molecular weight is 419 g/mol. The number of rotatable bonds is 7. The van der Waals surface area contributed by atoms with E-state index in [0.717, 1.165) is 30.0 Å². The van der Waals surface area contributed by atoms with E-state index in [4.69, 9.17) is 9.47 Å². The second-order valence-electron chi connectivity index (χ2n) is 9.86. The zero-order valence-electron chi connectivity index (χ0n) is 18.2. The van der Waals surface area contributed by atoms with Crippen molar-refractivity contribution in [3.05, 3.63) is 29.3 Å². The lowest BCUT2D eigenvalue weighted by Gasteiger charge is -2.50. The highest BCUT2D eigenvalue weighted by atomic mass is 28.3. The Kier molecular flexibility index (Phi) is 6.41. The van der Waals surface area contributed by atoms with Gasteiger partial charge in [-0.15, -0.1) is 0 Å². The Bertz CT molecular complexity index is 769. The number of phenolic OH excluding ortho intramolecular Hbond substituents is 1. The highest BCUT2D eigenvalue weighted by molar-refractivity contribution is 6.76. The normalized spacial score (nSPS) is 28.0. The van der Waals surface area contributed by atoms with E-state index >= 15 is 0 Å². The van der Waals surface area contributed by atoms with Gasteiger partial charge in [-0.1, -0.05) is 39.6 Å². The molecule has 1 N–H and O–H groups in total. The van der Waals surface area contributed by atoms with Gasteiger partial charge in [0.25, 0.3) is 0 Å². The number of fused-ring (bicyclic) bond motifs is 2. The maximum absolute atomic E-state index is 13.2. The van der Waals surface area contributed by atoms with Crippen molar-refractivity contribution in [2.75, 3.05) is 13.2 Å². The lowest BCUT2D eigenvalue weighted by Crippen LogP contribution is -2.50. The zero-order valence-corrected chi connectivity index (χ0v) is 19.2. The number of phenols is 1. The molecular formula is C23H34O5Si. The van der Waals surface area contributed by atoms with Crippen LogP contribution in [0.25, 0.3) is 0 Å². The molecule has 0 radical (unpaired) electrons. The number of hydrogen-bond acceptors (Lipinski definition) is 5. The van der Waals surface area contributed by atoms with Gasteiger partial charge in [0.05, 0.1) is 25.0 Å². The molecule has 1 aromatic rings. The third-order valence-electron chi connectivity index (χ3n) is 6.36. The summed E-state index contributed by atoms with van der Waals surface area (Å²) in [5, 5.41) is 10.0. The molecule has 2 bridgehead atoms. The van der Waals surface area contributed by atoms with Gasteiger partial charge in [-0.05, 0) is 54.0 Å². The first kappa shape index (κ1) is 21.9. The van der Waals surface area contributed by atoms with Crippen LogP contribution >= 0.6 is 0 Å². The van der Waals surface area contributed by atoms with Crippen LogP contribution in [0.4, 0.5) is 0 Å². The molecule has 0 amide bonds. The minimum Gasteiger partial charge on any atom is -0.508 e. The second kappa shape index (κ2) is 8.50. The van der Waals surface area contributed by atoms with Gasteiger partial charge in [-0.2, -0.15) is 0 Å². The van der Waals surface area contributed by atoms with Gasteiger partial charge in [-0.3, -0.25) is 9.59 Å². The summed E-state index contributed by atoms with van der Waals surface area (Å²) < 4.78 is 11.2. The zero-order chi connectivity index (χ0) is 21.3. The van der Waals surface area contributed by atoms with E-state index in [-0.39, 0.29) is 35.4 Å². The average Bonchev–Trinajstić information content (AvgIpc) is 2.64. The van der Waals surface area contributed by atoms with Gasteiger partial charge in [0.15, 0.2) is 0 Å². The molecule has 0 spiro atoms. The van der Waals surface area contributed by atoms with Crippen molar-refractivity contribution in [1.29, 1.82) is 0 Å². The topological polar surface area (TPSA) is 72.8 Å². The van der Waals surface area contributed by atoms with Crippen LogP contribution in [-0.4, -0.2) is 38.3 Å². The molecule has 29 heavy (non-hydrogen) atoms. The van der Waals surface area contributed by atoms with Crippen LogP contribution < -0.4 is 0 Å². The van der Waals surface area contributed by atoms with Crippen molar-refractivity contribution in [2.24, 2.45) is 17.8 Å². The molecule has 5 nitrogen and oxygen atoms in total. The molecule has 2 unspecified atom stereocenters. The monoisotopic (exact) mass is 418 g/mol. The third kappa shape index (κ3) is 4.52. The van der Waals surface area contributed by atoms with Gasteiger partial charge in [0.1, 0.15) is 5.75 Å². The van der Waals surface area contributed by atoms with E-state index in [1.54, 1.807) is 12.1 Å². The number of hydrogen-bond donors (Lipinski definition) is 1. The fourth-order valence-electron chi connectivity index (χ4n) is 4.99. The van der Waals surface area contributed by atoms with Crippen LogP contribution in [-0.2, 0) is 19.1 Å². The predicted octanol–water partition coefficient (Wildman–Crippen LogP) is 4.68. The van der Waals surface area contributed by atoms with Gasteiger partial charge < -0.3 is 14.6 Å². The molecule has 1 aromatic carbocycles. The molecule has 1 fully saturated rings. The highest BCUT2D eigenvalue weighted by Gasteiger charge is 2.56. The van der Waals surface area contributed by atoms with E-state index in [0.29, 0.717) is 13.2 Å². The number of benzene rings is 1. The molecule has 160 valence electrons. The van der Waals surface area contributed by atoms with Crippen LogP contribution in [0.15, 0.2) is 18.2 Å². The summed E-state index contributed by atoms with van der Waals surface area (Å²) in [7, 11) is -1.32. The summed E-state index contributed by atoms with van der Waals surface area (Å²) in [6.07, 6.45) is 1.58. The summed E-state index contributed by atoms with van der Waals surface area (Å²) >= 11 is 0. The SMILES string of the molecule is CCCOC(=O)[C@H]1[C@H](C(=O)OCC[Si](C)(C)C)C2CC(C)[C@H]1c1cc(O)ccc12. The maximum atomic E-state index is 13.2. The summed E-state index contributed by atoms with van der Waals surface area (Å²) in [6.45, 7) is 11.6. The number of esters is 2. The van der Waals surface area contributed by atoms with Crippen LogP contribution in [0.5, 0.6) is 5.75 Å². The molecule has 0 saturated heterocycles. The first-order valence-electron chi connectivity index (χ1n) is 10.8. The second-order valence-corrected chi connectivity index (χ2v) is 15.5. The summed E-state index contributed by atoms with van der Waals surface area (Å²) in [4.78, 5) is 26.2. The molecule has 0 aliphatic heterocycles. The van der Waals surface area contributed by atoms with Gasteiger partial charge in [0, 0.05) is 14.0 Å². The van der Waals surface area contributed by atoms with Gasteiger partial charge in [-0.25, -0.2) is 0 Å². The molecular weight excluding hydrogens is 384 g/mol. The van der Waals surface area contributed by atoms with Crippen molar-refractivity contribution in [3.8, 4) is 5.75 Å². The minimum atomic E-state index is -1.32. The molecule has 1 saturated carbocycles. The number of ether oxygens (including phenoxy) is 2. The van der Waals surface area contributed by atoms with E-state index in [1.165, 1.54) is 0 Å². The van der Waals surface area contributed by atoms with Gasteiger partial charge in [0.2, 0.25) is 0 Å². The van der Waals surface area contributed by atoms with Crippen molar-refractivity contribution in [1.82, 2.24) is 0 Å². The largest absolute Gasteiger partial charge is 0.508 e. The summed E-state index contributed by atoms with van der Waals surface area (Å²) in [6, 6.07) is 6.24. The summed E-state index contributed by atoms with van der Waals surface area (Å²) in [5.74, 6) is -1.44. The third-order valence-corrected chi connectivity index (χ3v) is 8.07. The molecule has 3 aliphatic rings. The smallest absolute Gasteiger partial charge is 0.310 e. The van der Waals surface area contributed by atoms with Crippen molar-refractivity contribution in [2.45, 2.75) is 64.2 Å². The lowest BCUT2D eigenvalue weighted by atomic mass is 9.53. The minimum absolute atomic E-state index is 0.0795. The van der Waals surface area contributed by atoms with E-state index in [9.17, 15) is 14.7 Å². The molecule has 6 heteroatoms. The van der Waals surface area contributed by atoms with Gasteiger partial charge >= 0.3 is 11.9 Å². The highest BCUT2D eigenvalue weighted by Crippen LogP contribution is 2.59. The van der Waals surface area contributed by atoms with Crippen LogP contribution in [0, 0.1) is 17.8 Å². The fraction of sp³-hybridized carbons (Fsp3) is 0.652. The summed E-state index contributed by atoms with van der Waals surface area (Å²) in [5.41, 5.74) is 2.05. The molecule has 4 rings (SSSR count). The van der Waals surface area contributed by atoms with Crippen LogP contribution in [0.3, 0.4) is 0 Å². The number of carbonyl (C=O) groups excluding carboxylic acids is 2. The fourth-order valence-corrected chi connectivity index (χ4v) is 5.70. The van der Waals surface area contributed by atoms with Crippen molar-refractivity contribution in [3.63, 3.8) is 0 Å². The predicted molar refractivity (Wildman–Crippen MR) is 115 cm³/mol. The lowest BCUT2D eigenvalue weighted by molar-refractivity contribution is -0.167. The molecule has 5 atom stereocenters. The first-order valence-corrected chi connectivity index (χ1v) is 14.5. The Hall–Kier alpha value is -1.82. The standard InChI is InChI=1S/C23H34O5Si/c1-6-9-27-23(26)21-19-14(2)12-17(16-8-7-15(24)13-18(16)19)20(21)22(25)28-10-11-29(3,4)5/h7-8,13-14,17,19-21,24H,6,9-12H2,1-5H3/t14?,17?,19-,20+,21+/m0/s1. The maximum Gasteiger partial charge on any atom is 0.310 e.